The molecule has 0 bridgehead atoms. The van der Waals surface area contributed by atoms with E-state index in [2.05, 4.69) is 27.9 Å². The highest BCUT2D eigenvalue weighted by Gasteiger charge is 2.14. The molecule has 0 amide bonds. The number of nitrogens with two attached hydrogens (primary N) is 1. The molecule has 1 aromatic heterocycles. The van der Waals surface area contributed by atoms with Crippen molar-refractivity contribution in [2.24, 2.45) is 5.73 Å². The SMILES string of the molecule is CN1CCN(c2cc(CN)ccn2)CC1.Cl. The van der Waals surface area contributed by atoms with E-state index in [0.29, 0.717) is 6.54 Å². The van der Waals surface area contributed by atoms with Crippen molar-refractivity contribution in [3.8, 4) is 0 Å². The van der Waals surface area contributed by atoms with Crippen molar-refractivity contribution in [2.45, 2.75) is 6.54 Å². The maximum absolute atomic E-state index is 5.62. The molecule has 0 spiro atoms. The topological polar surface area (TPSA) is 45.4 Å². The molecule has 0 aromatic carbocycles. The Labute approximate surface area is 103 Å². The number of hydrogen-bond donors (Lipinski definition) is 1. The largest absolute Gasteiger partial charge is 0.354 e. The maximum Gasteiger partial charge on any atom is 0.128 e. The van der Waals surface area contributed by atoms with Crippen molar-refractivity contribution in [3.05, 3.63) is 23.9 Å². The molecule has 0 aliphatic carbocycles. The van der Waals surface area contributed by atoms with Crippen LogP contribution in [0.2, 0.25) is 0 Å². The molecule has 90 valence electrons. The standard InChI is InChI=1S/C11H18N4.ClH/c1-14-4-6-15(7-5-14)11-8-10(9-12)2-3-13-11;/h2-3,8H,4-7,9,12H2,1H3;1H. The van der Waals surface area contributed by atoms with E-state index in [-0.39, 0.29) is 12.4 Å². The van der Waals surface area contributed by atoms with E-state index in [1.165, 1.54) is 0 Å². The predicted molar refractivity (Wildman–Crippen MR) is 69.1 cm³/mol. The zero-order valence-electron chi connectivity index (χ0n) is 9.59. The van der Waals surface area contributed by atoms with Crippen LogP contribution >= 0.6 is 12.4 Å². The summed E-state index contributed by atoms with van der Waals surface area (Å²) in [6, 6.07) is 4.06. The van der Waals surface area contributed by atoms with E-state index < -0.39 is 0 Å². The van der Waals surface area contributed by atoms with E-state index in [1.54, 1.807) is 0 Å². The summed E-state index contributed by atoms with van der Waals surface area (Å²) in [6.45, 7) is 4.90. The lowest BCUT2D eigenvalue weighted by Crippen LogP contribution is -2.44. The second-order valence-corrected chi connectivity index (χ2v) is 4.02. The third-order valence-electron chi connectivity index (χ3n) is 2.87. The summed E-state index contributed by atoms with van der Waals surface area (Å²) < 4.78 is 0. The van der Waals surface area contributed by atoms with Crippen LogP contribution in [-0.2, 0) is 6.54 Å². The molecule has 1 aliphatic heterocycles. The molecule has 0 atom stereocenters. The number of piperazine rings is 1. The van der Waals surface area contributed by atoms with Crippen LogP contribution in [0.15, 0.2) is 18.3 Å². The summed E-state index contributed by atoms with van der Waals surface area (Å²) >= 11 is 0. The molecular formula is C11H19ClN4. The summed E-state index contributed by atoms with van der Waals surface area (Å²) in [5, 5.41) is 0. The van der Waals surface area contributed by atoms with Crippen molar-refractivity contribution < 1.29 is 0 Å². The number of anilines is 1. The van der Waals surface area contributed by atoms with Crippen molar-refractivity contribution >= 4 is 18.2 Å². The van der Waals surface area contributed by atoms with Gasteiger partial charge in [-0.3, -0.25) is 0 Å². The van der Waals surface area contributed by atoms with Gasteiger partial charge in [-0.1, -0.05) is 0 Å². The van der Waals surface area contributed by atoms with Gasteiger partial charge in [-0.05, 0) is 24.7 Å². The number of nitrogens with zero attached hydrogens (tertiary/aromatic N) is 3. The van der Waals surface area contributed by atoms with Crippen molar-refractivity contribution in [1.82, 2.24) is 9.88 Å². The molecule has 4 nitrogen and oxygen atoms in total. The van der Waals surface area contributed by atoms with Crippen LogP contribution in [0.1, 0.15) is 5.56 Å². The van der Waals surface area contributed by atoms with Crippen molar-refractivity contribution in [2.75, 3.05) is 38.1 Å². The summed E-state index contributed by atoms with van der Waals surface area (Å²) in [5.41, 5.74) is 6.77. The average Bonchev–Trinajstić information content (AvgIpc) is 2.30. The zero-order chi connectivity index (χ0) is 10.7. The summed E-state index contributed by atoms with van der Waals surface area (Å²) in [4.78, 5) is 9.04. The summed E-state index contributed by atoms with van der Waals surface area (Å²) in [5.74, 6) is 1.06. The molecule has 2 rings (SSSR count). The lowest BCUT2D eigenvalue weighted by molar-refractivity contribution is 0.312. The van der Waals surface area contributed by atoms with E-state index in [1.807, 2.05) is 12.3 Å². The zero-order valence-corrected chi connectivity index (χ0v) is 10.4. The fourth-order valence-corrected chi connectivity index (χ4v) is 1.80. The highest BCUT2D eigenvalue weighted by atomic mass is 35.5. The van der Waals surface area contributed by atoms with Gasteiger partial charge in [-0.25, -0.2) is 4.98 Å². The molecule has 0 saturated carbocycles. The Kier molecular flexibility index (Phi) is 4.99. The number of pyridine rings is 1. The Morgan fingerprint density at radius 3 is 2.62 bits per heavy atom. The van der Waals surface area contributed by atoms with Gasteiger partial charge in [0.2, 0.25) is 0 Å². The summed E-state index contributed by atoms with van der Waals surface area (Å²) in [7, 11) is 2.15. The highest BCUT2D eigenvalue weighted by molar-refractivity contribution is 5.85. The molecule has 0 radical (unpaired) electrons. The first kappa shape index (κ1) is 13.2. The quantitative estimate of drug-likeness (QED) is 0.830. The van der Waals surface area contributed by atoms with Crippen LogP contribution in [-0.4, -0.2) is 43.1 Å². The molecule has 1 fully saturated rings. The number of aromatic nitrogens is 1. The van der Waals surface area contributed by atoms with Crippen LogP contribution in [0.3, 0.4) is 0 Å². The van der Waals surface area contributed by atoms with Gasteiger partial charge in [-0.15, -0.1) is 12.4 Å². The van der Waals surface area contributed by atoms with Crippen LogP contribution in [0, 0.1) is 0 Å². The number of hydrogen-bond acceptors (Lipinski definition) is 4. The summed E-state index contributed by atoms with van der Waals surface area (Å²) in [6.07, 6.45) is 1.84. The second kappa shape index (κ2) is 6.03. The van der Waals surface area contributed by atoms with Gasteiger partial charge in [0, 0.05) is 38.9 Å². The molecule has 5 heteroatoms. The van der Waals surface area contributed by atoms with Crippen LogP contribution in [0.25, 0.3) is 0 Å². The van der Waals surface area contributed by atoms with Gasteiger partial charge in [0.25, 0.3) is 0 Å². The van der Waals surface area contributed by atoms with E-state index >= 15 is 0 Å². The normalized spacial score (nSPS) is 17.0. The van der Waals surface area contributed by atoms with Gasteiger partial charge >= 0.3 is 0 Å². The van der Waals surface area contributed by atoms with E-state index in [4.69, 9.17) is 5.73 Å². The molecule has 1 saturated heterocycles. The van der Waals surface area contributed by atoms with Crippen LogP contribution in [0.4, 0.5) is 5.82 Å². The molecule has 16 heavy (non-hydrogen) atoms. The minimum atomic E-state index is 0. The van der Waals surface area contributed by atoms with Crippen LogP contribution < -0.4 is 10.6 Å². The molecule has 2 heterocycles. The first-order valence-corrected chi connectivity index (χ1v) is 5.38. The molecule has 1 aromatic rings. The molecule has 1 aliphatic rings. The maximum atomic E-state index is 5.62. The Balaban J connectivity index is 0.00000128. The van der Waals surface area contributed by atoms with Crippen LogP contribution in [0.5, 0.6) is 0 Å². The van der Waals surface area contributed by atoms with E-state index in [0.717, 1.165) is 37.6 Å². The Hall–Kier alpha value is -0.840. The molecular weight excluding hydrogens is 224 g/mol. The first-order chi connectivity index (χ1) is 7.29. The first-order valence-electron chi connectivity index (χ1n) is 5.38. The third kappa shape index (κ3) is 3.07. The predicted octanol–water partition coefficient (Wildman–Crippen LogP) is 0.714. The Morgan fingerprint density at radius 2 is 2.00 bits per heavy atom. The minimum Gasteiger partial charge on any atom is -0.354 e. The molecule has 0 unspecified atom stereocenters. The number of likely N-dealkylation sites (N-methyl/N-ethyl adjacent to an activating group) is 1. The molecule has 2 N–H and O–H groups in total. The fourth-order valence-electron chi connectivity index (χ4n) is 1.80. The lowest BCUT2D eigenvalue weighted by atomic mass is 10.2. The third-order valence-corrected chi connectivity index (χ3v) is 2.87. The average molecular weight is 243 g/mol. The lowest BCUT2D eigenvalue weighted by Gasteiger charge is -2.33. The Bertz CT molecular complexity index is 324. The van der Waals surface area contributed by atoms with Crippen molar-refractivity contribution in [3.63, 3.8) is 0 Å². The Morgan fingerprint density at radius 1 is 1.31 bits per heavy atom. The highest BCUT2D eigenvalue weighted by Crippen LogP contribution is 2.14. The van der Waals surface area contributed by atoms with Gasteiger partial charge in [0.05, 0.1) is 0 Å². The van der Waals surface area contributed by atoms with Gasteiger partial charge in [0.1, 0.15) is 5.82 Å². The number of halogens is 1. The van der Waals surface area contributed by atoms with Gasteiger partial charge in [-0.2, -0.15) is 0 Å². The smallest absolute Gasteiger partial charge is 0.128 e. The fraction of sp³-hybridized carbons (Fsp3) is 0.545. The van der Waals surface area contributed by atoms with Crippen molar-refractivity contribution in [1.29, 1.82) is 0 Å². The second-order valence-electron chi connectivity index (χ2n) is 4.02. The van der Waals surface area contributed by atoms with Gasteiger partial charge < -0.3 is 15.5 Å². The number of rotatable bonds is 2. The van der Waals surface area contributed by atoms with Gasteiger partial charge in [0.15, 0.2) is 0 Å². The minimum absolute atomic E-state index is 0. The van der Waals surface area contributed by atoms with E-state index in [9.17, 15) is 0 Å². The monoisotopic (exact) mass is 242 g/mol.